The van der Waals surface area contributed by atoms with Crippen LogP contribution in [0, 0.1) is 0 Å². The Bertz CT molecular complexity index is 2360. The summed E-state index contributed by atoms with van der Waals surface area (Å²) in [7, 11) is -9.81. The third kappa shape index (κ3) is 70.3. The monoisotopic (exact) mass is 1370 g/mol. The third-order valence-corrected chi connectivity index (χ3v) is 16.1. The number of unbranched alkanes of at least 4 members (excludes halogenated alkanes) is 17. The van der Waals surface area contributed by atoms with Crippen LogP contribution in [0.4, 0.5) is 0 Å². The largest absolute Gasteiger partial charge is 0.472 e. The van der Waals surface area contributed by atoms with Crippen LogP contribution in [0.1, 0.15) is 252 Å². The number of aliphatic hydroxyl groups excluding tert-OH is 2. The number of carbonyl (C=O) groups excluding carboxylic acids is 3. The smallest absolute Gasteiger partial charge is 0.463 e. The van der Waals surface area contributed by atoms with Gasteiger partial charge in [0.05, 0.1) is 26.4 Å². The molecule has 0 aromatic carbocycles. The van der Waals surface area contributed by atoms with Gasteiger partial charge in [0, 0.05) is 19.3 Å². The Kier molecular flexibility index (Phi) is 65.6. The number of hydrogen-bond acceptors (Lipinski definition) is 14. The van der Waals surface area contributed by atoms with E-state index in [0.29, 0.717) is 19.3 Å². The molecule has 0 heterocycles. The van der Waals surface area contributed by atoms with E-state index in [9.17, 15) is 43.5 Å². The topological polar surface area (TPSA) is 231 Å². The summed E-state index contributed by atoms with van der Waals surface area (Å²) in [6, 6.07) is 0. The summed E-state index contributed by atoms with van der Waals surface area (Å²) in [6.07, 6.45) is 84.3. The molecular formula is C77H126O16P2. The summed E-state index contributed by atoms with van der Waals surface area (Å²) < 4.78 is 60.9. The van der Waals surface area contributed by atoms with E-state index in [-0.39, 0.29) is 19.3 Å². The Morgan fingerprint density at radius 3 is 0.905 bits per heavy atom. The van der Waals surface area contributed by atoms with E-state index in [4.69, 9.17) is 32.3 Å². The molecule has 0 aromatic heterocycles. The van der Waals surface area contributed by atoms with Crippen molar-refractivity contribution in [3.63, 3.8) is 0 Å². The Balaban J connectivity index is 4.72. The molecule has 0 spiro atoms. The first-order valence-corrected chi connectivity index (χ1v) is 38.8. The van der Waals surface area contributed by atoms with Crippen LogP contribution >= 0.6 is 15.6 Å². The first-order valence-electron chi connectivity index (χ1n) is 35.8. The summed E-state index contributed by atoms with van der Waals surface area (Å²) in [5, 5.41) is 20.6. The number of esters is 3. The van der Waals surface area contributed by atoms with Gasteiger partial charge in [-0.1, -0.05) is 243 Å². The highest BCUT2D eigenvalue weighted by atomic mass is 31.2. The lowest BCUT2D eigenvalue weighted by atomic mass is 10.1. The summed E-state index contributed by atoms with van der Waals surface area (Å²) in [4.78, 5) is 58.5. The van der Waals surface area contributed by atoms with Gasteiger partial charge in [0.25, 0.3) is 0 Å². The average molecular weight is 1370 g/mol. The average Bonchev–Trinajstić information content (AvgIpc) is 2.15. The van der Waals surface area contributed by atoms with Gasteiger partial charge in [-0.15, -0.1) is 0 Å². The number of rotatable bonds is 66. The van der Waals surface area contributed by atoms with Crippen molar-refractivity contribution in [1.82, 2.24) is 0 Å². The van der Waals surface area contributed by atoms with Gasteiger partial charge in [0.1, 0.15) is 25.4 Å². The van der Waals surface area contributed by atoms with Crippen LogP contribution in [0.2, 0.25) is 0 Å². The molecular weight excluding hydrogens is 1240 g/mol. The van der Waals surface area contributed by atoms with Crippen LogP contribution in [0.5, 0.6) is 0 Å². The molecule has 0 amide bonds. The molecule has 0 aliphatic carbocycles. The Labute approximate surface area is 574 Å². The standard InChI is InChI=1S/C77H126O16P2/c1-4-7-10-13-16-19-22-25-28-30-32-34-35-37-39-40-43-45-48-51-54-57-60-63-75(80)87-66-72(78)67-89-94(83,84)90-68-73(79)69-91-95(85,86)92-71-74(93-77(82)65-62-59-56-53-50-47-42-27-24-21-18-15-12-9-6-3)70-88-76(81)64-61-58-55-52-49-46-44-41-38-36-33-31-29-26-23-20-17-14-11-8-5-2/h8-9,11-12,16-21,25-29,32-34,36-37,39,41-42,44,49,52,72-74,78-79H,4-7,10,13-15,22-24,30-31,35,38,40,43,45-48,50-51,53-71H2,1-3H3,(H,83,84)(H,85,86)/b11-8-,12-9-,19-16-,20-17-,21-18-,28-25-,29-26-,34-32-,36-33-,39-37-,42-27-,44-41-,52-49-. The van der Waals surface area contributed by atoms with Crippen LogP contribution in [0.15, 0.2) is 158 Å². The second-order valence-electron chi connectivity index (χ2n) is 23.3. The maximum absolute atomic E-state index is 12.9. The molecule has 0 bridgehead atoms. The van der Waals surface area contributed by atoms with Gasteiger partial charge in [-0.05, 0) is 148 Å². The predicted molar refractivity (Wildman–Crippen MR) is 389 cm³/mol. The first kappa shape index (κ1) is 90.2. The van der Waals surface area contributed by atoms with Crippen molar-refractivity contribution in [3.05, 3.63) is 158 Å². The molecule has 18 heteroatoms. The molecule has 0 aliphatic rings. The zero-order valence-corrected chi connectivity index (χ0v) is 60.3. The fourth-order valence-corrected chi connectivity index (χ4v) is 10.4. The molecule has 0 radical (unpaired) electrons. The van der Waals surface area contributed by atoms with Crippen LogP contribution in [0.25, 0.3) is 0 Å². The first-order chi connectivity index (χ1) is 46.2. The fourth-order valence-electron chi connectivity index (χ4n) is 8.81. The molecule has 0 saturated carbocycles. The molecule has 5 atom stereocenters. The van der Waals surface area contributed by atoms with Crippen LogP contribution in [0.3, 0.4) is 0 Å². The van der Waals surface area contributed by atoms with Crippen molar-refractivity contribution in [2.75, 3.05) is 39.6 Å². The van der Waals surface area contributed by atoms with E-state index < -0.39 is 91.5 Å². The molecule has 0 fully saturated rings. The lowest BCUT2D eigenvalue weighted by Gasteiger charge is -2.21. The lowest BCUT2D eigenvalue weighted by molar-refractivity contribution is -0.161. The molecule has 0 aliphatic heterocycles. The van der Waals surface area contributed by atoms with Crippen molar-refractivity contribution in [2.24, 2.45) is 0 Å². The van der Waals surface area contributed by atoms with Crippen LogP contribution < -0.4 is 0 Å². The number of phosphoric acid groups is 2. The van der Waals surface area contributed by atoms with E-state index in [0.717, 1.165) is 167 Å². The van der Waals surface area contributed by atoms with Crippen molar-refractivity contribution >= 4 is 33.6 Å². The van der Waals surface area contributed by atoms with Crippen LogP contribution in [-0.4, -0.2) is 95.9 Å². The maximum Gasteiger partial charge on any atom is 0.472 e. The van der Waals surface area contributed by atoms with E-state index in [2.05, 4.69) is 179 Å². The number of phosphoric ester groups is 2. The van der Waals surface area contributed by atoms with E-state index in [1.54, 1.807) is 0 Å². The number of allylic oxidation sites excluding steroid dienone is 26. The van der Waals surface area contributed by atoms with E-state index in [1.807, 2.05) is 0 Å². The quantitative estimate of drug-likeness (QED) is 0.0146. The molecule has 16 nitrogen and oxygen atoms in total. The van der Waals surface area contributed by atoms with E-state index in [1.165, 1.54) is 25.7 Å². The maximum atomic E-state index is 12.9. The highest BCUT2D eigenvalue weighted by molar-refractivity contribution is 7.47. The highest BCUT2D eigenvalue weighted by Gasteiger charge is 2.29. The lowest BCUT2D eigenvalue weighted by Crippen LogP contribution is -2.30. The SMILES string of the molecule is CC/C=C\C/C=C\C/C=C\C/C=C\C/C=C\C/C=C\CCCCC(=O)OCC(COP(=O)(O)OCC(O)COP(=O)(O)OCC(O)COC(=O)CCCCCCCCC/C=C\C/C=C\C/C=C\C/C=C\CCCCC)OC(=O)CCCCCCC/C=C\C/C=C\C/C=C\CC. The summed E-state index contributed by atoms with van der Waals surface area (Å²) in [5.74, 6) is -1.67. The number of aliphatic hydroxyl groups is 2. The van der Waals surface area contributed by atoms with E-state index >= 15 is 0 Å². The molecule has 0 rings (SSSR count). The Morgan fingerprint density at radius 2 is 0.558 bits per heavy atom. The fraction of sp³-hybridized carbons (Fsp3) is 0.623. The van der Waals surface area contributed by atoms with Gasteiger partial charge >= 0.3 is 33.6 Å². The number of ether oxygens (including phenoxy) is 3. The van der Waals surface area contributed by atoms with Gasteiger partial charge < -0.3 is 34.2 Å². The normalized spacial score (nSPS) is 15.1. The van der Waals surface area contributed by atoms with Gasteiger partial charge in [0.15, 0.2) is 6.10 Å². The number of carbonyl (C=O) groups is 3. The minimum absolute atomic E-state index is 0.0686. The number of hydrogen-bond donors (Lipinski definition) is 4. The molecule has 95 heavy (non-hydrogen) atoms. The van der Waals surface area contributed by atoms with Crippen molar-refractivity contribution in [2.45, 2.75) is 270 Å². The van der Waals surface area contributed by atoms with Gasteiger partial charge in [0.2, 0.25) is 0 Å². The van der Waals surface area contributed by atoms with Gasteiger partial charge in [-0.25, -0.2) is 9.13 Å². The third-order valence-electron chi connectivity index (χ3n) is 14.2. The Hall–Kier alpha value is -4.83. The van der Waals surface area contributed by atoms with Crippen molar-refractivity contribution in [1.29, 1.82) is 0 Å². The molecule has 0 aromatic rings. The molecule has 4 N–H and O–H groups in total. The Morgan fingerprint density at radius 1 is 0.305 bits per heavy atom. The highest BCUT2D eigenvalue weighted by Crippen LogP contribution is 2.45. The summed E-state index contributed by atoms with van der Waals surface area (Å²) >= 11 is 0. The van der Waals surface area contributed by atoms with Crippen molar-refractivity contribution in [3.8, 4) is 0 Å². The molecule has 0 saturated heterocycles. The molecule has 5 unspecified atom stereocenters. The summed E-state index contributed by atoms with van der Waals surface area (Å²) in [5.41, 5.74) is 0. The second kappa shape index (κ2) is 69.1. The van der Waals surface area contributed by atoms with Crippen LogP contribution in [-0.2, 0) is 55.8 Å². The van der Waals surface area contributed by atoms with Gasteiger partial charge in [-0.2, -0.15) is 0 Å². The minimum atomic E-state index is -4.95. The minimum Gasteiger partial charge on any atom is -0.463 e. The predicted octanol–water partition coefficient (Wildman–Crippen LogP) is 20.3. The zero-order valence-electron chi connectivity index (χ0n) is 58.5. The zero-order chi connectivity index (χ0) is 69.5. The molecule has 540 valence electrons. The van der Waals surface area contributed by atoms with Gasteiger partial charge in [-0.3, -0.25) is 32.5 Å². The summed E-state index contributed by atoms with van der Waals surface area (Å²) in [6.45, 7) is 2.31. The second-order valence-corrected chi connectivity index (χ2v) is 26.2. The van der Waals surface area contributed by atoms with Crippen molar-refractivity contribution < 1.29 is 75.8 Å².